The van der Waals surface area contributed by atoms with Crippen molar-refractivity contribution in [3.8, 4) is 16.9 Å². The third-order valence-electron chi connectivity index (χ3n) is 5.82. The second-order valence-corrected chi connectivity index (χ2v) is 8.99. The Morgan fingerprint density at radius 1 is 1.06 bits per heavy atom. The number of anilines is 2. The van der Waals surface area contributed by atoms with E-state index in [0.29, 0.717) is 5.92 Å². The standard InChI is InChI=1S/C26H25N3OS/c1-17-15-19(13-14-27-17)21-12-11-20(16-23(21)30-2)28-26-29-25-22(9-6-10-24(25)31-26)18-7-4-3-5-8-18/h3-5,7-8,11-16,22H,6,9-10H2,1-2H3,(H,28,29). The molecule has 5 rings (SSSR count). The molecule has 1 aliphatic rings. The lowest BCUT2D eigenvalue weighted by Crippen LogP contribution is -2.09. The quantitative estimate of drug-likeness (QED) is 0.383. The summed E-state index contributed by atoms with van der Waals surface area (Å²) in [5.41, 5.74) is 6.73. The maximum Gasteiger partial charge on any atom is 0.187 e. The Labute approximate surface area is 187 Å². The summed E-state index contributed by atoms with van der Waals surface area (Å²) in [6.45, 7) is 2.00. The highest BCUT2D eigenvalue weighted by Gasteiger charge is 2.26. The largest absolute Gasteiger partial charge is 0.496 e. The molecule has 0 saturated heterocycles. The van der Waals surface area contributed by atoms with Gasteiger partial charge in [-0.3, -0.25) is 4.98 Å². The summed E-state index contributed by atoms with van der Waals surface area (Å²) in [6, 6.07) is 21.1. The molecule has 0 radical (unpaired) electrons. The Morgan fingerprint density at radius 2 is 1.94 bits per heavy atom. The molecule has 0 aliphatic heterocycles. The second-order valence-electron chi connectivity index (χ2n) is 7.91. The second kappa shape index (κ2) is 8.52. The molecule has 1 aliphatic carbocycles. The van der Waals surface area contributed by atoms with E-state index in [0.717, 1.165) is 46.2 Å². The van der Waals surface area contributed by atoms with E-state index in [4.69, 9.17) is 9.72 Å². The van der Waals surface area contributed by atoms with Gasteiger partial charge < -0.3 is 10.1 Å². The van der Waals surface area contributed by atoms with Crippen molar-refractivity contribution in [1.29, 1.82) is 0 Å². The van der Waals surface area contributed by atoms with Crippen molar-refractivity contribution in [2.75, 3.05) is 12.4 Å². The number of pyridine rings is 1. The zero-order valence-corrected chi connectivity index (χ0v) is 18.6. The number of benzene rings is 2. The van der Waals surface area contributed by atoms with E-state index >= 15 is 0 Å². The smallest absolute Gasteiger partial charge is 0.187 e. The van der Waals surface area contributed by atoms with Crippen LogP contribution in [0.4, 0.5) is 10.8 Å². The average Bonchev–Trinajstić information content (AvgIpc) is 3.22. The fourth-order valence-electron chi connectivity index (χ4n) is 4.33. The minimum absolute atomic E-state index is 0.392. The monoisotopic (exact) mass is 427 g/mol. The van der Waals surface area contributed by atoms with Crippen LogP contribution in [0.15, 0.2) is 66.9 Å². The summed E-state index contributed by atoms with van der Waals surface area (Å²) in [4.78, 5) is 10.7. The predicted octanol–water partition coefficient (Wildman–Crippen LogP) is 6.73. The van der Waals surface area contributed by atoms with Gasteiger partial charge in [0.15, 0.2) is 5.13 Å². The summed E-state index contributed by atoms with van der Waals surface area (Å²) in [7, 11) is 1.71. The number of fused-ring (bicyclic) bond motifs is 1. The summed E-state index contributed by atoms with van der Waals surface area (Å²) in [5.74, 6) is 1.22. The van der Waals surface area contributed by atoms with Gasteiger partial charge in [0.25, 0.3) is 0 Å². The van der Waals surface area contributed by atoms with E-state index in [1.807, 2.05) is 25.3 Å². The first kappa shape index (κ1) is 19.8. The van der Waals surface area contributed by atoms with Gasteiger partial charge in [0, 0.05) is 40.0 Å². The number of nitrogens with zero attached hydrogens (tertiary/aromatic N) is 2. The number of hydrogen-bond acceptors (Lipinski definition) is 5. The molecular weight excluding hydrogens is 402 g/mol. The first-order valence-corrected chi connectivity index (χ1v) is 11.5. The van der Waals surface area contributed by atoms with Gasteiger partial charge in [-0.05, 0) is 61.6 Å². The number of ether oxygens (including phenoxy) is 1. The average molecular weight is 428 g/mol. The van der Waals surface area contributed by atoms with Crippen LogP contribution in [0.5, 0.6) is 5.75 Å². The number of methoxy groups -OCH3 is 1. The molecule has 31 heavy (non-hydrogen) atoms. The van der Waals surface area contributed by atoms with Crippen molar-refractivity contribution in [3.63, 3.8) is 0 Å². The van der Waals surface area contributed by atoms with Crippen LogP contribution >= 0.6 is 11.3 Å². The van der Waals surface area contributed by atoms with Crippen molar-refractivity contribution in [2.45, 2.75) is 32.1 Å². The van der Waals surface area contributed by atoms with Gasteiger partial charge in [-0.1, -0.05) is 30.3 Å². The fourth-order valence-corrected chi connectivity index (χ4v) is 5.41. The number of thiazole rings is 1. The number of aryl methyl sites for hydroxylation is 2. The van der Waals surface area contributed by atoms with E-state index in [9.17, 15) is 0 Å². The summed E-state index contributed by atoms with van der Waals surface area (Å²) >= 11 is 1.77. The van der Waals surface area contributed by atoms with E-state index < -0.39 is 0 Å². The van der Waals surface area contributed by atoms with Gasteiger partial charge in [-0.25, -0.2) is 4.98 Å². The molecule has 2 aromatic carbocycles. The highest BCUT2D eigenvalue weighted by Crippen LogP contribution is 2.41. The van der Waals surface area contributed by atoms with Crippen LogP contribution in [-0.4, -0.2) is 17.1 Å². The number of rotatable bonds is 5. The van der Waals surface area contributed by atoms with Crippen LogP contribution < -0.4 is 10.1 Å². The van der Waals surface area contributed by atoms with Crippen LogP contribution in [0.2, 0.25) is 0 Å². The van der Waals surface area contributed by atoms with Crippen molar-refractivity contribution in [2.24, 2.45) is 0 Å². The maximum atomic E-state index is 5.70. The van der Waals surface area contributed by atoms with Crippen LogP contribution in [0.3, 0.4) is 0 Å². The van der Waals surface area contributed by atoms with Crippen LogP contribution in [-0.2, 0) is 6.42 Å². The van der Waals surface area contributed by atoms with Gasteiger partial charge in [0.05, 0.1) is 12.8 Å². The molecule has 156 valence electrons. The minimum Gasteiger partial charge on any atom is -0.496 e. The lowest BCUT2D eigenvalue weighted by molar-refractivity contribution is 0.416. The van der Waals surface area contributed by atoms with Crippen molar-refractivity contribution in [3.05, 3.63) is 88.7 Å². The van der Waals surface area contributed by atoms with Crippen molar-refractivity contribution >= 4 is 22.2 Å². The molecule has 1 atom stereocenters. The summed E-state index contributed by atoms with van der Waals surface area (Å²) in [5, 5.41) is 4.46. The topological polar surface area (TPSA) is 47.0 Å². The van der Waals surface area contributed by atoms with E-state index in [1.165, 1.54) is 22.6 Å². The molecule has 4 nitrogen and oxygen atoms in total. The van der Waals surface area contributed by atoms with Crippen LogP contribution in [0.1, 0.15) is 40.6 Å². The molecule has 0 amide bonds. The predicted molar refractivity (Wildman–Crippen MR) is 128 cm³/mol. The minimum atomic E-state index is 0.392. The zero-order valence-electron chi connectivity index (χ0n) is 17.8. The highest BCUT2D eigenvalue weighted by atomic mass is 32.1. The Morgan fingerprint density at radius 3 is 2.74 bits per heavy atom. The van der Waals surface area contributed by atoms with E-state index in [-0.39, 0.29) is 0 Å². The van der Waals surface area contributed by atoms with E-state index in [2.05, 4.69) is 58.8 Å². The lowest BCUT2D eigenvalue weighted by atomic mass is 9.85. The number of hydrogen-bond donors (Lipinski definition) is 1. The van der Waals surface area contributed by atoms with Crippen LogP contribution in [0, 0.1) is 6.92 Å². The van der Waals surface area contributed by atoms with Gasteiger partial charge >= 0.3 is 0 Å². The highest BCUT2D eigenvalue weighted by molar-refractivity contribution is 7.15. The Bertz CT molecular complexity index is 1200. The van der Waals surface area contributed by atoms with Crippen molar-refractivity contribution < 1.29 is 4.74 Å². The van der Waals surface area contributed by atoms with Crippen molar-refractivity contribution in [1.82, 2.24) is 9.97 Å². The summed E-state index contributed by atoms with van der Waals surface area (Å²) in [6.07, 6.45) is 5.32. The maximum absolute atomic E-state index is 5.70. The number of nitrogens with one attached hydrogen (secondary N) is 1. The van der Waals surface area contributed by atoms with Gasteiger partial charge in [-0.2, -0.15) is 0 Å². The Hall–Kier alpha value is -3.18. The third kappa shape index (κ3) is 4.06. The first-order valence-electron chi connectivity index (χ1n) is 10.6. The third-order valence-corrected chi connectivity index (χ3v) is 6.86. The molecule has 0 spiro atoms. The van der Waals surface area contributed by atoms with Gasteiger partial charge in [-0.15, -0.1) is 11.3 Å². The molecular formula is C26H25N3OS. The molecule has 2 heterocycles. The molecule has 1 N–H and O–H groups in total. The molecule has 0 saturated carbocycles. The van der Waals surface area contributed by atoms with Gasteiger partial charge in [0.1, 0.15) is 5.75 Å². The molecule has 1 unspecified atom stereocenters. The Balaban J connectivity index is 1.43. The first-order chi connectivity index (χ1) is 15.2. The molecule has 0 fully saturated rings. The molecule has 4 aromatic rings. The van der Waals surface area contributed by atoms with Crippen LogP contribution in [0.25, 0.3) is 11.1 Å². The normalized spacial score (nSPS) is 15.4. The molecule has 0 bridgehead atoms. The summed E-state index contributed by atoms with van der Waals surface area (Å²) < 4.78 is 5.70. The Kier molecular flexibility index (Phi) is 5.43. The van der Waals surface area contributed by atoms with Gasteiger partial charge in [0.2, 0.25) is 0 Å². The van der Waals surface area contributed by atoms with E-state index in [1.54, 1.807) is 18.4 Å². The SMILES string of the molecule is COc1cc(Nc2nc3c(s2)CCCC3c2ccccc2)ccc1-c1ccnc(C)c1. The number of aromatic nitrogens is 2. The zero-order chi connectivity index (χ0) is 21.2. The lowest BCUT2D eigenvalue weighted by Gasteiger charge is -2.21. The molecule has 2 aromatic heterocycles. The molecule has 5 heteroatoms. The fraction of sp³-hybridized carbons (Fsp3) is 0.231.